The van der Waals surface area contributed by atoms with Crippen molar-refractivity contribution in [1.29, 1.82) is 0 Å². The van der Waals surface area contributed by atoms with Gasteiger partial charge in [-0.2, -0.15) is 0 Å². The highest BCUT2D eigenvalue weighted by molar-refractivity contribution is 5.45. The van der Waals surface area contributed by atoms with Crippen molar-refractivity contribution < 1.29 is 4.39 Å². The highest BCUT2D eigenvalue weighted by atomic mass is 19.1. The quantitative estimate of drug-likeness (QED) is 0.896. The van der Waals surface area contributed by atoms with Crippen molar-refractivity contribution in [2.24, 2.45) is 0 Å². The van der Waals surface area contributed by atoms with E-state index in [2.05, 4.69) is 34.5 Å². The van der Waals surface area contributed by atoms with E-state index in [1.165, 1.54) is 11.3 Å². The van der Waals surface area contributed by atoms with E-state index in [-0.39, 0.29) is 5.82 Å². The van der Waals surface area contributed by atoms with Crippen LogP contribution in [0.15, 0.2) is 42.5 Å². The van der Waals surface area contributed by atoms with Crippen LogP contribution in [0.4, 0.5) is 10.1 Å². The van der Waals surface area contributed by atoms with Crippen molar-refractivity contribution in [2.45, 2.75) is 20.0 Å². The highest BCUT2D eigenvalue weighted by Gasteiger charge is 2.00. The second kappa shape index (κ2) is 6.53. The second-order valence-electron chi connectivity index (χ2n) is 5.25. The monoisotopic (exact) mass is 272 g/mol. The van der Waals surface area contributed by atoms with Crippen molar-refractivity contribution in [2.75, 3.05) is 19.0 Å². The van der Waals surface area contributed by atoms with E-state index in [0.717, 1.165) is 12.1 Å². The van der Waals surface area contributed by atoms with Crippen LogP contribution in [0.3, 0.4) is 0 Å². The van der Waals surface area contributed by atoms with E-state index in [4.69, 9.17) is 0 Å². The molecule has 0 amide bonds. The maximum absolute atomic E-state index is 13.4. The molecule has 0 heterocycles. The third-order valence-electron chi connectivity index (χ3n) is 3.35. The zero-order chi connectivity index (χ0) is 14.5. The van der Waals surface area contributed by atoms with Crippen LogP contribution in [0.2, 0.25) is 0 Å². The third kappa shape index (κ3) is 3.81. The van der Waals surface area contributed by atoms with Crippen LogP contribution in [0, 0.1) is 12.7 Å². The normalized spacial score (nSPS) is 10.6. The molecular weight excluding hydrogens is 251 g/mol. The van der Waals surface area contributed by atoms with Crippen LogP contribution in [-0.4, -0.2) is 14.1 Å². The SMILES string of the molecule is Cc1ccc(CNCc2ccc(N(C)C)cc2)cc1F. The summed E-state index contributed by atoms with van der Waals surface area (Å²) in [6.07, 6.45) is 0. The second-order valence-corrected chi connectivity index (χ2v) is 5.25. The van der Waals surface area contributed by atoms with Gasteiger partial charge in [-0.25, -0.2) is 4.39 Å². The van der Waals surface area contributed by atoms with E-state index >= 15 is 0 Å². The Labute approximate surface area is 120 Å². The Morgan fingerprint density at radius 2 is 1.55 bits per heavy atom. The number of nitrogens with one attached hydrogen (secondary N) is 1. The van der Waals surface area contributed by atoms with Crippen molar-refractivity contribution >= 4 is 5.69 Å². The molecule has 0 aliphatic rings. The summed E-state index contributed by atoms with van der Waals surface area (Å²) < 4.78 is 13.4. The Bertz CT molecular complexity index is 562. The summed E-state index contributed by atoms with van der Waals surface area (Å²) >= 11 is 0. The van der Waals surface area contributed by atoms with E-state index in [0.29, 0.717) is 12.1 Å². The maximum Gasteiger partial charge on any atom is 0.126 e. The molecule has 2 aromatic rings. The smallest absolute Gasteiger partial charge is 0.126 e. The van der Waals surface area contributed by atoms with Gasteiger partial charge in [0.1, 0.15) is 5.82 Å². The van der Waals surface area contributed by atoms with Gasteiger partial charge in [-0.15, -0.1) is 0 Å². The predicted molar refractivity (Wildman–Crippen MR) is 82.4 cm³/mol. The van der Waals surface area contributed by atoms with Crippen molar-refractivity contribution in [3.8, 4) is 0 Å². The zero-order valence-electron chi connectivity index (χ0n) is 12.3. The summed E-state index contributed by atoms with van der Waals surface area (Å²) in [4.78, 5) is 2.08. The molecule has 0 spiro atoms. The van der Waals surface area contributed by atoms with Crippen LogP contribution in [0.25, 0.3) is 0 Å². The largest absolute Gasteiger partial charge is 0.378 e. The van der Waals surface area contributed by atoms with Crippen LogP contribution in [-0.2, 0) is 13.1 Å². The minimum atomic E-state index is -0.139. The van der Waals surface area contributed by atoms with Gasteiger partial charge in [-0.1, -0.05) is 24.3 Å². The number of rotatable bonds is 5. The van der Waals surface area contributed by atoms with Crippen LogP contribution in [0.5, 0.6) is 0 Å². The van der Waals surface area contributed by atoms with Crippen LogP contribution >= 0.6 is 0 Å². The summed E-state index contributed by atoms with van der Waals surface area (Å²) in [7, 11) is 4.05. The molecule has 0 aromatic heterocycles. The molecule has 0 aliphatic carbocycles. The van der Waals surface area contributed by atoms with Gasteiger partial charge < -0.3 is 10.2 Å². The molecule has 106 valence electrons. The summed E-state index contributed by atoms with van der Waals surface area (Å²) in [5.74, 6) is -0.139. The highest BCUT2D eigenvalue weighted by Crippen LogP contribution is 2.12. The van der Waals surface area contributed by atoms with Gasteiger partial charge in [0.05, 0.1) is 0 Å². The van der Waals surface area contributed by atoms with Gasteiger partial charge in [-0.05, 0) is 41.8 Å². The molecule has 0 aliphatic heterocycles. The van der Waals surface area contributed by atoms with E-state index in [1.807, 2.05) is 26.2 Å². The Hall–Kier alpha value is -1.87. The molecule has 0 saturated heterocycles. The van der Waals surface area contributed by atoms with Crippen molar-refractivity contribution in [1.82, 2.24) is 5.32 Å². The molecule has 0 saturated carbocycles. The Morgan fingerprint density at radius 3 is 2.15 bits per heavy atom. The first-order chi connectivity index (χ1) is 9.56. The number of benzene rings is 2. The molecule has 20 heavy (non-hydrogen) atoms. The van der Waals surface area contributed by atoms with Crippen molar-refractivity contribution in [3.05, 3.63) is 65.0 Å². The zero-order valence-corrected chi connectivity index (χ0v) is 12.3. The average molecular weight is 272 g/mol. The fraction of sp³-hybridized carbons (Fsp3) is 0.294. The molecule has 2 aromatic carbocycles. The number of hydrogen-bond acceptors (Lipinski definition) is 2. The maximum atomic E-state index is 13.4. The first-order valence-electron chi connectivity index (χ1n) is 6.78. The molecule has 0 fully saturated rings. The lowest BCUT2D eigenvalue weighted by atomic mass is 10.1. The van der Waals surface area contributed by atoms with Gasteiger partial charge in [-0.3, -0.25) is 0 Å². The standard InChI is InChI=1S/C17H21FN2/c1-13-4-5-15(10-17(13)18)12-19-11-14-6-8-16(9-7-14)20(2)3/h4-10,19H,11-12H2,1-3H3. The van der Waals surface area contributed by atoms with E-state index in [9.17, 15) is 4.39 Å². The fourth-order valence-electron chi connectivity index (χ4n) is 2.01. The summed E-state index contributed by atoms with van der Waals surface area (Å²) in [6, 6.07) is 13.8. The molecule has 0 atom stereocenters. The molecule has 3 heteroatoms. The third-order valence-corrected chi connectivity index (χ3v) is 3.35. The molecule has 2 rings (SSSR count). The van der Waals surface area contributed by atoms with E-state index < -0.39 is 0 Å². The first-order valence-corrected chi connectivity index (χ1v) is 6.78. The van der Waals surface area contributed by atoms with Crippen molar-refractivity contribution in [3.63, 3.8) is 0 Å². The lowest BCUT2D eigenvalue weighted by Crippen LogP contribution is -2.13. The number of anilines is 1. The lowest BCUT2D eigenvalue weighted by molar-refractivity contribution is 0.611. The molecular formula is C17H21FN2. The summed E-state index contributed by atoms with van der Waals surface area (Å²) in [6.45, 7) is 3.23. The summed E-state index contributed by atoms with van der Waals surface area (Å²) in [5.41, 5.74) is 4.07. The molecule has 0 radical (unpaired) electrons. The van der Waals surface area contributed by atoms with Gasteiger partial charge in [0, 0.05) is 32.9 Å². The number of aryl methyl sites for hydroxylation is 1. The minimum Gasteiger partial charge on any atom is -0.378 e. The van der Waals surface area contributed by atoms with Gasteiger partial charge in [0.2, 0.25) is 0 Å². The first kappa shape index (κ1) is 14.5. The fourth-order valence-corrected chi connectivity index (χ4v) is 2.01. The summed E-state index contributed by atoms with van der Waals surface area (Å²) in [5, 5.41) is 3.33. The van der Waals surface area contributed by atoms with Gasteiger partial charge in [0.15, 0.2) is 0 Å². The van der Waals surface area contributed by atoms with Crippen LogP contribution in [0.1, 0.15) is 16.7 Å². The number of nitrogens with zero attached hydrogens (tertiary/aromatic N) is 1. The van der Waals surface area contributed by atoms with Gasteiger partial charge in [0.25, 0.3) is 0 Å². The lowest BCUT2D eigenvalue weighted by Gasteiger charge is -2.13. The van der Waals surface area contributed by atoms with Gasteiger partial charge >= 0.3 is 0 Å². The number of halogens is 1. The molecule has 1 N–H and O–H groups in total. The Morgan fingerprint density at radius 1 is 0.950 bits per heavy atom. The minimum absolute atomic E-state index is 0.139. The predicted octanol–water partition coefficient (Wildman–Crippen LogP) is 3.49. The Balaban J connectivity index is 1.87. The Kier molecular flexibility index (Phi) is 4.74. The van der Waals surface area contributed by atoms with Crippen LogP contribution < -0.4 is 10.2 Å². The number of hydrogen-bond donors (Lipinski definition) is 1. The topological polar surface area (TPSA) is 15.3 Å². The van der Waals surface area contributed by atoms with E-state index in [1.54, 1.807) is 13.0 Å². The molecule has 2 nitrogen and oxygen atoms in total. The molecule has 0 bridgehead atoms. The molecule has 0 unspecified atom stereocenters. The average Bonchev–Trinajstić information content (AvgIpc) is 2.43.